The highest BCUT2D eigenvalue weighted by Gasteiger charge is 2.35. The molecule has 4 nitrogen and oxygen atoms in total. The van der Waals surface area contributed by atoms with Gasteiger partial charge >= 0.3 is 0 Å². The Hall–Kier alpha value is -2.69. The highest BCUT2D eigenvalue weighted by atomic mass is 19.1. The third-order valence-corrected chi connectivity index (χ3v) is 6.61. The first-order valence-corrected chi connectivity index (χ1v) is 11.0. The number of nitrogens with zero attached hydrogens (tertiary/aromatic N) is 1. The lowest BCUT2D eigenvalue weighted by Crippen LogP contribution is -2.40. The molecule has 0 spiro atoms. The molecule has 30 heavy (non-hydrogen) atoms. The van der Waals surface area contributed by atoms with E-state index >= 15 is 0 Å². The summed E-state index contributed by atoms with van der Waals surface area (Å²) in [5.41, 5.74) is 1.95. The van der Waals surface area contributed by atoms with Gasteiger partial charge in [-0.15, -0.1) is 0 Å². The van der Waals surface area contributed by atoms with Crippen molar-refractivity contribution in [3.05, 3.63) is 65.0 Å². The summed E-state index contributed by atoms with van der Waals surface area (Å²) >= 11 is 0. The molecule has 1 saturated heterocycles. The highest BCUT2D eigenvalue weighted by Crippen LogP contribution is 2.35. The summed E-state index contributed by atoms with van der Waals surface area (Å²) in [6.07, 6.45) is 8.40. The maximum atomic E-state index is 14.0. The van der Waals surface area contributed by atoms with Crippen molar-refractivity contribution in [3.63, 3.8) is 0 Å². The van der Waals surface area contributed by atoms with Crippen LogP contribution in [0.3, 0.4) is 0 Å². The monoisotopic (exact) mass is 408 g/mol. The molecule has 1 saturated carbocycles. The smallest absolute Gasteiger partial charge is 0.258 e. The van der Waals surface area contributed by atoms with Gasteiger partial charge < -0.3 is 10.2 Å². The third kappa shape index (κ3) is 4.25. The number of carbonyl (C=O) groups excluding carboxylic acids is 2. The van der Waals surface area contributed by atoms with E-state index in [1.54, 1.807) is 18.2 Å². The second-order valence-electron chi connectivity index (χ2n) is 8.57. The second kappa shape index (κ2) is 8.99. The van der Waals surface area contributed by atoms with Crippen LogP contribution in [0.4, 0.5) is 10.1 Å². The zero-order valence-electron chi connectivity index (χ0n) is 17.5. The molecule has 0 bridgehead atoms. The Balaban J connectivity index is 1.53. The van der Waals surface area contributed by atoms with E-state index in [0.717, 1.165) is 24.9 Å². The minimum absolute atomic E-state index is 0.00876. The number of aryl methyl sites for hydroxylation is 1. The summed E-state index contributed by atoms with van der Waals surface area (Å²) in [5, 5.41) is 2.78. The molecule has 1 atom stereocenters. The fraction of sp³-hybridized carbons (Fsp3) is 0.440. The van der Waals surface area contributed by atoms with Gasteiger partial charge in [-0.2, -0.15) is 0 Å². The molecule has 2 aromatic rings. The number of halogens is 1. The lowest BCUT2D eigenvalue weighted by atomic mass is 9.83. The van der Waals surface area contributed by atoms with Crippen molar-refractivity contribution < 1.29 is 14.0 Å². The Morgan fingerprint density at radius 2 is 1.77 bits per heavy atom. The molecule has 5 heteroatoms. The average Bonchev–Trinajstić information content (AvgIpc) is 3.25. The van der Waals surface area contributed by atoms with Crippen LogP contribution in [0.5, 0.6) is 0 Å². The number of hydrogen-bond donors (Lipinski definition) is 1. The maximum absolute atomic E-state index is 14.0. The molecule has 158 valence electrons. The number of amides is 2. The molecular formula is C25H29FN2O2. The van der Waals surface area contributed by atoms with Gasteiger partial charge in [0.25, 0.3) is 11.8 Å². The molecule has 2 aliphatic rings. The summed E-state index contributed by atoms with van der Waals surface area (Å²) in [6.45, 7) is 2.66. The van der Waals surface area contributed by atoms with Gasteiger partial charge in [-0.05, 0) is 68.4 Å². The Kier molecular flexibility index (Phi) is 6.16. The van der Waals surface area contributed by atoms with Crippen molar-refractivity contribution in [2.75, 3.05) is 11.9 Å². The van der Waals surface area contributed by atoms with Crippen molar-refractivity contribution in [3.8, 4) is 0 Å². The number of benzene rings is 2. The minimum Gasteiger partial charge on any atom is -0.335 e. The number of likely N-dealkylation sites (tertiary alicyclic amines) is 1. The van der Waals surface area contributed by atoms with Crippen molar-refractivity contribution in [2.24, 2.45) is 5.92 Å². The summed E-state index contributed by atoms with van der Waals surface area (Å²) in [6, 6.07) is 11.6. The van der Waals surface area contributed by atoms with Crippen molar-refractivity contribution in [1.82, 2.24) is 4.90 Å². The van der Waals surface area contributed by atoms with Crippen LogP contribution in [0.25, 0.3) is 0 Å². The molecule has 0 radical (unpaired) electrons. The molecule has 2 aromatic carbocycles. The Bertz CT molecular complexity index is 936. The van der Waals surface area contributed by atoms with E-state index in [2.05, 4.69) is 5.32 Å². The molecule has 2 amide bonds. The lowest BCUT2D eigenvalue weighted by Gasteiger charge is -2.34. The van der Waals surface area contributed by atoms with E-state index in [1.165, 1.54) is 44.2 Å². The molecule has 1 heterocycles. The molecule has 1 aliphatic carbocycles. The predicted molar refractivity (Wildman–Crippen MR) is 116 cm³/mol. The minimum atomic E-state index is -0.563. The molecule has 2 fully saturated rings. The van der Waals surface area contributed by atoms with E-state index in [0.29, 0.717) is 23.2 Å². The van der Waals surface area contributed by atoms with Crippen LogP contribution in [0.2, 0.25) is 0 Å². The average molecular weight is 409 g/mol. The van der Waals surface area contributed by atoms with Crippen LogP contribution in [0.15, 0.2) is 42.5 Å². The Labute approximate surface area is 177 Å². The standard InChI is InChI=1S/C25H29FN2O2/c1-17-13-14-19(16-22(17)27-24(29)20-10-5-6-11-21(20)26)25(30)28-15-7-12-23(28)18-8-3-2-4-9-18/h5-6,10-11,13-14,16,18,23H,2-4,7-9,12,15H2,1H3,(H,27,29). The molecule has 1 unspecified atom stereocenters. The fourth-order valence-corrected chi connectivity index (χ4v) is 4.94. The van der Waals surface area contributed by atoms with Crippen LogP contribution in [-0.4, -0.2) is 29.3 Å². The number of carbonyl (C=O) groups is 2. The van der Waals surface area contributed by atoms with Gasteiger partial charge in [0.15, 0.2) is 0 Å². The van der Waals surface area contributed by atoms with Gasteiger partial charge in [-0.3, -0.25) is 9.59 Å². The third-order valence-electron chi connectivity index (χ3n) is 6.61. The van der Waals surface area contributed by atoms with Crippen LogP contribution in [0.1, 0.15) is 71.2 Å². The van der Waals surface area contributed by atoms with Crippen molar-refractivity contribution >= 4 is 17.5 Å². The maximum Gasteiger partial charge on any atom is 0.258 e. The van der Waals surface area contributed by atoms with Gasteiger partial charge in [-0.1, -0.05) is 37.5 Å². The first kappa shape index (κ1) is 20.6. The fourth-order valence-electron chi connectivity index (χ4n) is 4.94. The largest absolute Gasteiger partial charge is 0.335 e. The van der Waals surface area contributed by atoms with Crippen LogP contribution >= 0.6 is 0 Å². The lowest BCUT2D eigenvalue weighted by molar-refractivity contribution is 0.0661. The molecule has 0 aromatic heterocycles. The Morgan fingerprint density at radius 1 is 1.00 bits per heavy atom. The van der Waals surface area contributed by atoms with Crippen molar-refractivity contribution in [1.29, 1.82) is 0 Å². The van der Waals surface area contributed by atoms with Crippen molar-refractivity contribution in [2.45, 2.75) is 57.9 Å². The highest BCUT2D eigenvalue weighted by molar-refractivity contribution is 6.05. The normalized spacial score (nSPS) is 19.7. The number of hydrogen-bond acceptors (Lipinski definition) is 2. The number of rotatable bonds is 4. The van der Waals surface area contributed by atoms with Gasteiger partial charge in [0.1, 0.15) is 5.82 Å². The predicted octanol–water partition coefficient (Wildman–Crippen LogP) is 5.57. The zero-order chi connectivity index (χ0) is 21.1. The first-order chi connectivity index (χ1) is 14.5. The van der Waals surface area contributed by atoms with Crippen LogP contribution < -0.4 is 5.32 Å². The van der Waals surface area contributed by atoms with E-state index in [-0.39, 0.29) is 11.5 Å². The van der Waals surface area contributed by atoms with Crippen LogP contribution in [-0.2, 0) is 0 Å². The van der Waals surface area contributed by atoms with Gasteiger partial charge in [0, 0.05) is 23.8 Å². The van der Waals surface area contributed by atoms with Gasteiger partial charge in [-0.25, -0.2) is 4.39 Å². The summed E-state index contributed by atoms with van der Waals surface area (Å²) < 4.78 is 14.0. The summed E-state index contributed by atoms with van der Waals surface area (Å²) in [4.78, 5) is 27.9. The Morgan fingerprint density at radius 3 is 2.53 bits per heavy atom. The number of anilines is 1. The van der Waals surface area contributed by atoms with Crippen LogP contribution in [0, 0.1) is 18.7 Å². The summed E-state index contributed by atoms with van der Waals surface area (Å²) in [7, 11) is 0. The van der Waals surface area contributed by atoms with Gasteiger partial charge in [0.05, 0.1) is 5.56 Å². The van der Waals surface area contributed by atoms with E-state index < -0.39 is 11.7 Å². The summed E-state index contributed by atoms with van der Waals surface area (Å²) in [5.74, 6) is -0.435. The topological polar surface area (TPSA) is 49.4 Å². The van der Waals surface area contributed by atoms with E-state index in [4.69, 9.17) is 0 Å². The number of nitrogens with one attached hydrogen (secondary N) is 1. The quantitative estimate of drug-likeness (QED) is 0.719. The second-order valence-corrected chi connectivity index (χ2v) is 8.57. The first-order valence-electron chi connectivity index (χ1n) is 11.0. The van der Waals surface area contributed by atoms with E-state index in [1.807, 2.05) is 24.0 Å². The molecule has 4 rings (SSSR count). The molecule has 1 aliphatic heterocycles. The zero-order valence-corrected chi connectivity index (χ0v) is 17.5. The SMILES string of the molecule is Cc1ccc(C(=O)N2CCCC2C2CCCCC2)cc1NC(=O)c1ccccc1F. The molecular weight excluding hydrogens is 379 g/mol. The van der Waals surface area contributed by atoms with Gasteiger partial charge in [0.2, 0.25) is 0 Å². The van der Waals surface area contributed by atoms with E-state index in [9.17, 15) is 14.0 Å². The molecule has 1 N–H and O–H groups in total.